The van der Waals surface area contributed by atoms with Gasteiger partial charge in [-0.05, 0) is 36.7 Å². The van der Waals surface area contributed by atoms with Gasteiger partial charge in [0.15, 0.2) is 0 Å². The Morgan fingerprint density at radius 1 is 1.43 bits per heavy atom. The normalized spacial score (nSPS) is 24.8. The number of nitrogens with one attached hydrogen (secondary N) is 1. The van der Waals surface area contributed by atoms with Crippen LogP contribution in [0.15, 0.2) is 18.2 Å². The fourth-order valence-corrected chi connectivity index (χ4v) is 3.49. The van der Waals surface area contributed by atoms with Gasteiger partial charge < -0.3 is 10.5 Å². The lowest BCUT2D eigenvalue weighted by molar-refractivity contribution is -0.0324. The van der Waals surface area contributed by atoms with E-state index >= 15 is 0 Å². The quantitative estimate of drug-likeness (QED) is 0.654. The Bertz CT molecular complexity index is 528. The maximum atomic E-state index is 14.2. The molecule has 21 heavy (non-hydrogen) atoms. The van der Waals surface area contributed by atoms with Crippen LogP contribution in [-0.2, 0) is 11.3 Å². The highest BCUT2D eigenvalue weighted by atomic mass is 19.1. The number of nitrogens with two attached hydrogens (primary N) is 1. The zero-order valence-electron chi connectivity index (χ0n) is 13.1. The molecule has 1 aliphatic rings. The number of nitrogen functional groups attached to an aromatic ring is 1. The molecule has 2 unspecified atom stereocenters. The van der Waals surface area contributed by atoms with E-state index in [0.29, 0.717) is 11.5 Å². The third-order valence-electron chi connectivity index (χ3n) is 4.19. The zero-order valence-corrected chi connectivity index (χ0v) is 13.1. The number of benzene rings is 1. The number of amidine groups is 1. The van der Waals surface area contributed by atoms with Gasteiger partial charge in [0, 0.05) is 5.56 Å². The van der Waals surface area contributed by atoms with E-state index in [1.807, 2.05) is 0 Å². The van der Waals surface area contributed by atoms with Gasteiger partial charge in [-0.15, -0.1) is 0 Å². The van der Waals surface area contributed by atoms with Crippen molar-refractivity contribution in [2.75, 3.05) is 0 Å². The highest BCUT2D eigenvalue weighted by Crippen LogP contribution is 2.39. The molecule has 0 amide bonds. The van der Waals surface area contributed by atoms with Crippen LogP contribution >= 0.6 is 0 Å². The molecule has 0 spiro atoms. The SMILES string of the molecule is CC1CC(OCc2cccc(C(=N)N)c2F)CC(C)(C)C1. The largest absolute Gasteiger partial charge is 0.384 e. The van der Waals surface area contributed by atoms with Crippen molar-refractivity contribution in [1.82, 2.24) is 0 Å². The molecule has 0 heterocycles. The average molecular weight is 292 g/mol. The molecule has 2 rings (SSSR count). The van der Waals surface area contributed by atoms with Gasteiger partial charge >= 0.3 is 0 Å². The van der Waals surface area contributed by atoms with Crippen molar-refractivity contribution in [3.8, 4) is 0 Å². The third kappa shape index (κ3) is 4.03. The maximum absolute atomic E-state index is 14.2. The molecular weight excluding hydrogens is 267 g/mol. The summed E-state index contributed by atoms with van der Waals surface area (Å²) >= 11 is 0. The molecule has 0 aromatic heterocycles. The van der Waals surface area contributed by atoms with Gasteiger partial charge in [-0.3, -0.25) is 5.41 Å². The molecule has 0 radical (unpaired) electrons. The molecule has 1 aromatic rings. The van der Waals surface area contributed by atoms with E-state index in [4.69, 9.17) is 15.9 Å². The average Bonchev–Trinajstić information content (AvgIpc) is 2.34. The Morgan fingerprint density at radius 2 is 2.14 bits per heavy atom. The lowest BCUT2D eigenvalue weighted by atomic mass is 9.71. The summed E-state index contributed by atoms with van der Waals surface area (Å²) in [7, 11) is 0. The summed E-state index contributed by atoms with van der Waals surface area (Å²) in [4.78, 5) is 0. The summed E-state index contributed by atoms with van der Waals surface area (Å²) in [6.07, 6.45) is 3.41. The van der Waals surface area contributed by atoms with Crippen molar-refractivity contribution >= 4 is 5.84 Å². The first-order chi connectivity index (χ1) is 9.78. The standard InChI is InChI=1S/C17H25FN2O/c1-11-7-13(9-17(2,3)8-11)21-10-12-5-4-6-14(15(12)18)16(19)20/h4-6,11,13H,7-10H2,1-3H3,(H3,19,20). The predicted octanol–water partition coefficient (Wildman–Crippen LogP) is 3.84. The Balaban J connectivity index is 2.03. The Kier molecular flexibility index (Phi) is 4.67. The number of ether oxygens (including phenoxy) is 1. The molecule has 1 aromatic carbocycles. The Morgan fingerprint density at radius 3 is 2.76 bits per heavy atom. The lowest BCUT2D eigenvalue weighted by Crippen LogP contribution is -2.32. The second-order valence-electron chi connectivity index (χ2n) is 7.04. The maximum Gasteiger partial charge on any atom is 0.139 e. The van der Waals surface area contributed by atoms with Gasteiger partial charge in [-0.2, -0.15) is 0 Å². The van der Waals surface area contributed by atoms with E-state index in [1.165, 1.54) is 12.5 Å². The molecule has 2 atom stereocenters. The van der Waals surface area contributed by atoms with Crippen molar-refractivity contribution in [2.45, 2.75) is 52.7 Å². The van der Waals surface area contributed by atoms with Gasteiger partial charge in [0.2, 0.25) is 0 Å². The van der Waals surface area contributed by atoms with Gasteiger partial charge in [0.1, 0.15) is 11.7 Å². The van der Waals surface area contributed by atoms with E-state index in [0.717, 1.165) is 12.8 Å². The first kappa shape index (κ1) is 16.0. The molecule has 3 N–H and O–H groups in total. The summed E-state index contributed by atoms with van der Waals surface area (Å²) in [5.41, 5.74) is 6.28. The van der Waals surface area contributed by atoms with Crippen LogP contribution in [0.3, 0.4) is 0 Å². The number of hydrogen-bond acceptors (Lipinski definition) is 2. The van der Waals surface area contributed by atoms with E-state index in [2.05, 4.69) is 20.8 Å². The molecule has 1 saturated carbocycles. The first-order valence-corrected chi connectivity index (χ1v) is 7.52. The molecule has 1 aliphatic carbocycles. The highest BCUT2D eigenvalue weighted by Gasteiger charge is 2.32. The Hall–Kier alpha value is -1.42. The van der Waals surface area contributed by atoms with Gasteiger partial charge in [0.25, 0.3) is 0 Å². The molecule has 3 nitrogen and oxygen atoms in total. The minimum Gasteiger partial charge on any atom is -0.384 e. The Labute approximate surface area is 126 Å². The molecule has 1 fully saturated rings. The van der Waals surface area contributed by atoms with Crippen molar-refractivity contribution in [2.24, 2.45) is 17.1 Å². The van der Waals surface area contributed by atoms with Gasteiger partial charge in [-0.25, -0.2) is 4.39 Å². The molecule has 4 heteroatoms. The summed E-state index contributed by atoms with van der Waals surface area (Å²) < 4.78 is 20.1. The second kappa shape index (κ2) is 6.14. The van der Waals surface area contributed by atoms with Gasteiger partial charge in [-0.1, -0.05) is 32.9 Å². The van der Waals surface area contributed by atoms with Crippen LogP contribution in [0.25, 0.3) is 0 Å². The summed E-state index contributed by atoms with van der Waals surface area (Å²) in [6, 6.07) is 4.93. The first-order valence-electron chi connectivity index (χ1n) is 7.52. The topological polar surface area (TPSA) is 59.1 Å². The second-order valence-corrected chi connectivity index (χ2v) is 7.04. The summed E-state index contributed by atoms with van der Waals surface area (Å²) in [5, 5.41) is 7.38. The molecule has 0 bridgehead atoms. The van der Waals surface area contributed by atoms with Crippen LogP contribution < -0.4 is 5.73 Å². The fourth-order valence-electron chi connectivity index (χ4n) is 3.49. The van der Waals surface area contributed by atoms with Crippen molar-refractivity contribution in [1.29, 1.82) is 5.41 Å². The monoisotopic (exact) mass is 292 g/mol. The predicted molar refractivity (Wildman–Crippen MR) is 82.8 cm³/mol. The molecule has 0 aliphatic heterocycles. The van der Waals surface area contributed by atoms with E-state index in [1.54, 1.807) is 12.1 Å². The van der Waals surface area contributed by atoms with Crippen molar-refractivity contribution in [3.63, 3.8) is 0 Å². The number of hydrogen-bond donors (Lipinski definition) is 2. The molecule has 0 saturated heterocycles. The highest BCUT2D eigenvalue weighted by molar-refractivity contribution is 5.95. The van der Waals surface area contributed by atoms with Crippen molar-refractivity contribution in [3.05, 3.63) is 35.1 Å². The third-order valence-corrected chi connectivity index (χ3v) is 4.19. The van der Waals surface area contributed by atoms with Crippen LogP contribution in [0.4, 0.5) is 4.39 Å². The van der Waals surface area contributed by atoms with Crippen LogP contribution in [-0.4, -0.2) is 11.9 Å². The van der Waals surface area contributed by atoms with Crippen LogP contribution in [0, 0.1) is 22.6 Å². The molecule has 116 valence electrons. The van der Waals surface area contributed by atoms with E-state index < -0.39 is 5.82 Å². The minimum atomic E-state index is -0.437. The zero-order chi connectivity index (χ0) is 15.6. The van der Waals surface area contributed by atoms with Gasteiger partial charge in [0.05, 0.1) is 18.3 Å². The van der Waals surface area contributed by atoms with Crippen LogP contribution in [0.5, 0.6) is 0 Å². The summed E-state index contributed by atoms with van der Waals surface area (Å²) in [5.74, 6) is -0.0537. The number of rotatable bonds is 4. The lowest BCUT2D eigenvalue weighted by Gasteiger charge is -2.38. The van der Waals surface area contributed by atoms with Crippen molar-refractivity contribution < 1.29 is 9.13 Å². The van der Waals surface area contributed by atoms with Crippen LogP contribution in [0.2, 0.25) is 0 Å². The number of halogens is 1. The van der Waals surface area contributed by atoms with Crippen LogP contribution in [0.1, 0.15) is 51.2 Å². The smallest absolute Gasteiger partial charge is 0.139 e. The minimum absolute atomic E-state index is 0.147. The fraction of sp³-hybridized carbons (Fsp3) is 0.588. The summed E-state index contributed by atoms with van der Waals surface area (Å²) in [6.45, 7) is 7.00. The van der Waals surface area contributed by atoms with E-state index in [9.17, 15) is 4.39 Å². The molecular formula is C17H25FN2O. The van der Waals surface area contributed by atoms with E-state index in [-0.39, 0.29) is 29.5 Å².